The van der Waals surface area contributed by atoms with E-state index in [1.54, 1.807) is 17.8 Å². The second kappa shape index (κ2) is 5.07. The van der Waals surface area contributed by atoms with Gasteiger partial charge in [-0.3, -0.25) is 9.89 Å². The molecule has 0 saturated carbocycles. The summed E-state index contributed by atoms with van der Waals surface area (Å²) in [6.45, 7) is 2.15. The number of aromatic amines is 2. The number of nitrogens with one attached hydrogen (secondary N) is 2. The zero-order chi connectivity index (χ0) is 11.4. The van der Waals surface area contributed by atoms with Gasteiger partial charge in [-0.05, 0) is 18.1 Å². The summed E-state index contributed by atoms with van der Waals surface area (Å²) in [5.74, 6) is 0.787. The first-order chi connectivity index (χ1) is 7.79. The molecule has 3 nitrogen and oxygen atoms in total. The molecular formula is C12H14N2OS. The van der Waals surface area contributed by atoms with E-state index in [9.17, 15) is 4.79 Å². The van der Waals surface area contributed by atoms with Crippen LogP contribution in [-0.2, 0) is 12.2 Å². The fourth-order valence-corrected chi connectivity index (χ4v) is 2.58. The molecule has 84 valence electrons. The molecule has 0 amide bonds. The average Bonchev–Trinajstić information content (AvgIpc) is 2.73. The molecule has 16 heavy (non-hydrogen) atoms. The molecule has 4 heteroatoms. The molecule has 0 aliphatic rings. The lowest BCUT2D eigenvalue weighted by atomic mass is 10.2. The Morgan fingerprint density at radius 1 is 1.25 bits per heavy atom. The van der Waals surface area contributed by atoms with Crippen molar-refractivity contribution in [3.05, 3.63) is 51.9 Å². The van der Waals surface area contributed by atoms with Gasteiger partial charge in [-0.15, -0.1) is 11.8 Å². The number of rotatable bonds is 4. The summed E-state index contributed by atoms with van der Waals surface area (Å²) in [7, 11) is 0. The maximum Gasteiger partial charge on any atom is 0.264 e. The number of aromatic nitrogens is 2. The molecule has 2 rings (SSSR count). The number of hydrogen-bond donors (Lipinski definition) is 2. The van der Waals surface area contributed by atoms with Gasteiger partial charge >= 0.3 is 0 Å². The zero-order valence-corrected chi connectivity index (χ0v) is 9.93. The second-order valence-electron chi connectivity index (χ2n) is 3.53. The summed E-state index contributed by atoms with van der Waals surface area (Å²) in [5.41, 5.74) is 2.21. The molecular weight excluding hydrogens is 220 g/mol. The number of thioether (sulfide) groups is 1. The molecule has 1 heterocycles. The van der Waals surface area contributed by atoms with Crippen molar-refractivity contribution in [3.63, 3.8) is 0 Å². The quantitative estimate of drug-likeness (QED) is 0.799. The molecule has 0 radical (unpaired) electrons. The van der Waals surface area contributed by atoms with Crippen molar-refractivity contribution in [3.8, 4) is 0 Å². The Kier molecular flexibility index (Phi) is 3.51. The van der Waals surface area contributed by atoms with Crippen LogP contribution in [0.15, 0.2) is 40.0 Å². The van der Waals surface area contributed by atoms with Crippen molar-refractivity contribution < 1.29 is 0 Å². The zero-order valence-electron chi connectivity index (χ0n) is 9.12. The highest BCUT2D eigenvalue weighted by Crippen LogP contribution is 2.25. The van der Waals surface area contributed by atoms with E-state index in [2.05, 4.69) is 35.3 Å². The van der Waals surface area contributed by atoms with Crippen LogP contribution in [0.2, 0.25) is 0 Å². The smallest absolute Gasteiger partial charge is 0.264 e. The standard InChI is InChI=1S/C12H14N2OS/c1-2-9-5-3-4-6-11(9)16-8-10-7-12(15)14-13-10/h3-7H,2,8H2,1H3,(H2,13,14,15). The van der Waals surface area contributed by atoms with Crippen molar-refractivity contribution in [2.75, 3.05) is 0 Å². The minimum Gasteiger partial charge on any atom is -0.301 e. The van der Waals surface area contributed by atoms with E-state index in [4.69, 9.17) is 0 Å². The van der Waals surface area contributed by atoms with Crippen LogP contribution in [0.3, 0.4) is 0 Å². The van der Waals surface area contributed by atoms with Crippen molar-refractivity contribution in [1.82, 2.24) is 10.2 Å². The highest BCUT2D eigenvalue weighted by molar-refractivity contribution is 7.98. The van der Waals surface area contributed by atoms with Gasteiger partial charge in [0.2, 0.25) is 0 Å². The molecule has 2 N–H and O–H groups in total. The lowest BCUT2D eigenvalue weighted by molar-refractivity contribution is 1.01. The van der Waals surface area contributed by atoms with Crippen molar-refractivity contribution in [2.45, 2.75) is 24.0 Å². The molecule has 0 aliphatic carbocycles. The SMILES string of the molecule is CCc1ccccc1SCc1cc(=O)[nH][nH]1. The van der Waals surface area contributed by atoms with E-state index in [0.717, 1.165) is 17.9 Å². The minimum absolute atomic E-state index is 0.0700. The fourth-order valence-electron chi connectivity index (χ4n) is 1.54. The van der Waals surface area contributed by atoms with E-state index in [1.165, 1.54) is 10.5 Å². The number of H-pyrrole nitrogens is 2. The normalized spacial score (nSPS) is 10.6. The number of hydrogen-bond acceptors (Lipinski definition) is 2. The van der Waals surface area contributed by atoms with Gasteiger partial charge < -0.3 is 5.10 Å². The molecule has 0 saturated heterocycles. The van der Waals surface area contributed by atoms with Crippen LogP contribution in [0, 0.1) is 0 Å². The van der Waals surface area contributed by atoms with Crippen LogP contribution >= 0.6 is 11.8 Å². The Hall–Kier alpha value is -1.42. The Morgan fingerprint density at radius 3 is 2.75 bits per heavy atom. The van der Waals surface area contributed by atoms with Crippen LogP contribution < -0.4 is 5.56 Å². The van der Waals surface area contributed by atoms with E-state index in [1.807, 2.05) is 6.07 Å². The summed E-state index contributed by atoms with van der Waals surface area (Å²) < 4.78 is 0. The van der Waals surface area contributed by atoms with Crippen LogP contribution in [0.25, 0.3) is 0 Å². The predicted molar refractivity (Wildman–Crippen MR) is 66.8 cm³/mol. The molecule has 1 aromatic heterocycles. The van der Waals surface area contributed by atoms with Gasteiger partial charge in [-0.2, -0.15) is 0 Å². The van der Waals surface area contributed by atoms with E-state index >= 15 is 0 Å². The third-order valence-corrected chi connectivity index (χ3v) is 3.55. The van der Waals surface area contributed by atoms with Crippen LogP contribution in [0.5, 0.6) is 0 Å². The maximum absolute atomic E-state index is 10.9. The van der Waals surface area contributed by atoms with E-state index in [0.29, 0.717) is 0 Å². The third kappa shape index (κ3) is 2.58. The number of benzene rings is 1. The molecule has 1 aromatic carbocycles. The molecule has 2 aromatic rings. The first-order valence-corrected chi connectivity index (χ1v) is 6.25. The van der Waals surface area contributed by atoms with Gasteiger partial charge in [0.1, 0.15) is 0 Å². The monoisotopic (exact) mass is 234 g/mol. The Labute approximate surface area is 98.3 Å². The van der Waals surface area contributed by atoms with Crippen molar-refractivity contribution >= 4 is 11.8 Å². The topological polar surface area (TPSA) is 48.6 Å². The Balaban J connectivity index is 2.07. The van der Waals surface area contributed by atoms with Crippen LogP contribution in [0.1, 0.15) is 18.2 Å². The van der Waals surface area contributed by atoms with Crippen LogP contribution in [-0.4, -0.2) is 10.2 Å². The first-order valence-electron chi connectivity index (χ1n) is 5.27. The Morgan fingerprint density at radius 2 is 2.06 bits per heavy atom. The summed E-state index contributed by atoms with van der Waals surface area (Å²) in [5, 5.41) is 5.39. The maximum atomic E-state index is 10.9. The van der Waals surface area contributed by atoms with Gasteiger partial charge in [0.15, 0.2) is 0 Å². The summed E-state index contributed by atoms with van der Waals surface area (Å²) in [6, 6.07) is 9.96. The summed E-state index contributed by atoms with van der Waals surface area (Å²) in [6.07, 6.45) is 1.03. The van der Waals surface area contributed by atoms with E-state index in [-0.39, 0.29) is 5.56 Å². The van der Waals surface area contributed by atoms with Gasteiger partial charge in [0.25, 0.3) is 5.56 Å². The van der Waals surface area contributed by atoms with Crippen molar-refractivity contribution in [1.29, 1.82) is 0 Å². The molecule has 0 fully saturated rings. The van der Waals surface area contributed by atoms with Crippen molar-refractivity contribution in [2.24, 2.45) is 0 Å². The largest absolute Gasteiger partial charge is 0.301 e. The fraction of sp³-hybridized carbons (Fsp3) is 0.250. The third-order valence-electron chi connectivity index (χ3n) is 2.39. The van der Waals surface area contributed by atoms with Gasteiger partial charge in [0, 0.05) is 22.4 Å². The second-order valence-corrected chi connectivity index (χ2v) is 4.55. The lowest BCUT2D eigenvalue weighted by Gasteiger charge is -2.05. The molecule has 0 unspecified atom stereocenters. The first kappa shape index (κ1) is 11.1. The minimum atomic E-state index is -0.0700. The van der Waals surface area contributed by atoms with Gasteiger partial charge in [-0.25, -0.2) is 0 Å². The van der Waals surface area contributed by atoms with Crippen LogP contribution in [0.4, 0.5) is 0 Å². The predicted octanol–water partition coefficient (Wildman–Crippen LogP) is 2.56. The highest BCUT2D eigenvalue weighted by atomic mass is 32.2. The van der Waals surface area contributed by atoms with Gasteiger partial charge in [-0.1, -0.05) is 25.1 Å². The number of aryl methyl sites for hydroxylation is 1. The lowest BCUT2D eigenvalue weighted by Crippen LogP contribution is -1.93. The molecule has 0 bridgehead atoms. The molecule has 0 spiro atoms. The molecule has 0 aliphatic heterocycles. The Bertz CT molecular complexity index is 515. The highest BCUT2D eigenvalue weighted by Gasteiger charge is 2.02. The summed E-state index contributed by atoms with van der Waals surface area (Å²) >= 11 is 1.75. The van der Waals surface area contributed by atoms with Gasteiger partial charge in [0.05, 0.1) is 0 Å². The average molecular weight is 234 g/mol. The molecule has 0 atom stereocenters. The van der Waals surface area contributed by atoms with E-state index < -0.39 is 0 Å². The summed E-state index contributed by atoms with van der Waals surface area (Å²) in [4.78, 5) is 12.2.